The summed E-state index contributed by atoms with van der Waals surface area (Å²) in [6, 6.07) is 15.2. The number of amides is 1. The molecule has 1 fully saturated rings. The van der Waals surface area contributed by atoms with Crippen LogP contribution < -0.4 is 15.4 Å². The molecule has 0 radical (unpaired) electrons. The zero-order valence-corrected chi connectivity index (χ0v) is 15.8. The van der Waals surface area contributed by atoms with E-state index in [1.54, 1.807) is 13.2 Å². The van der Waals surface area contributed by atoms with E-state index in [4.69, 9.17) is 9.15 Å². The molecule has 0 unspecified atom stereocenters. The number of methoxy groups -OCH3 is 1. The van der Waals surface area contributed by atoms with E-state index < -0.39 is 5.76 Å². The minimum atomic E-state index is -0.420. The minimum absolute atomic E-state index is 0.0578. The molecule has 2 heterocycles. The number of hydrogen-bond acceptors (Lipinski definition) is 5. The van der Waals surface area contributed by atoms with Gasteiger partial charge in [0.25, 0.3) is 0 Å². The molecule has 1 aliphatic heterocycles. The van der Waals surface area contributed by atoms with E-state index in [-0.39, 0.29) is 12.3 Å². The number of aromatic nitrogens is 1. The van der Waals surface area contributed by atoms with E-state index in [0.29, 0.717) is 25.2 Å². The van der Waals surface area contributed by atoms with Gasteiger partial charge in [0.15, 0.2) is 5.58 Å². The standard InChI is InChI=1S/C21H23N3O4/c1-27-17-6-4-5-16(15-17)22-11-13-23(14-12-22)20(25)9-10-24-18-7-2-3-8-19(18)28-21(24)26/h2-8,15H,9-14H2,1H3. The Morgan fingerprint density at radius 2 is 1.86 bits per heavy atom. The van der Waals surface area contributed by atoms with E-state index in [1.807, 2.05) is 41.3 Å². The summed E-state index contributed by atoms with van der Waals surface area (Å²) in [5.41, 5.74) is 2.37. The van der Waals surface area contributed by atoms with Crippen LogP contribution in [0, 0.1) is 0 Å². The van der Waals surface area contributed by atoms with Gasteiger partial charge in [-0.3, -0.25) is 9.36 Å². The Labute approximate surface area is 162 Å². The van der Waals surface area contributed by atoms with Gasteiger partial charge in [-0.2, -0.15) is 0 Å². The van der Waals surface area contributed by atoms with Gasteiger partial charge in [-0.1, -0.05) is 18.2 Å². The van der Waals surface area contributed by atoms with Crippen molar-refractivity contribution in [3.05, 3.63) is 59.1 Å². The fourth-order valence-electron chi connectivity index (χ4n) is 3.61. The van der Waals surface area contributed by atoms with Crippen LogP contribution in [0.4, 0.5) is 5.69 Å². The molecule has 0 N–H and O–H groups in total. The van der Waals surface area contributed by atoms with Crippen molar-refractivity contribution < 1.29 is 13.9 Å². The summed E-state index contributed by atoms with van der Waals surface area (Å²) in [7, 11) is 1.66. The van der Waals surface area contributed by atoms with Crippen molar-refractivity contribution in [1.29, 1.82) is 0 Å². The molecule has 0 saturated carbocycles. The number of hydrogen-bond donors (Lipinski definition) is 0. The second kappa shape index (κ2) is 7.80. The van der Waals surface area contributed by atoms with Gasteiger partial charge in [0.05, 0.1) is 12.6 Å². The fraction of sp³-hybridized carbons (Fsp3) is 0.333. The molecule has 0 spiro atoms. The van der Waals surface area contributed by atoms with Crippen LogP contribution in [0.5, 0.6) is 5.75 Å². The highest BCUT2D eigenvalue weighted by Crippen LogP contribution is 2.22. The maximum Gasteiger partial charge on any atom is 0.419 e. The van der Waals surface area contributed by atoms with Gasteiger partial charge >= 0.3 is 5.76 Å². The van der Waals surface area contributed by atoms with Crippen molar-refractivity contribution in [2.24, 2.45) is 0 Å². The summed E-state index contributed by atoms with van der Waals surface area (Å²) >= 11 is 0. The zero-order valence-electron chi connectivity index (χ0n) is 15.8. The van der Waals surface area contributed by atoms with Crippen LogP contribution in [0.3, 0.4) is 0 Å². The van der Waals surface area contributed by atoms with E-state index in [2.05, 4.69) is 11.0 Å². The highest BCUT2D eigenvalue weighted by molar-refractivity contribution is 5.77. The second-order valence-corrected chi connectivity index (χ2v) is 6.81. The highest BCUT2D eigenvalue weighted by atomic mass is 16.5. The van der Waals surface area contributed by atoms with Crippen molar-refractivity contribution >= 4 is 22.7 Å². The van der Waals surface area contributed by atoms with Gasteiger partial charge in [-0.25, -0.2) is 4.79 Å². The Hall–Kier alpha value is -3.22. The maximum absolute atomic E-state index is 12.6. The quantitative estimate of drug-likeness (QED) is 0.679. The Morgan fingerprint density at radius 1 is 1.07 bits per heavy atom. The van der Waals surface area contributed by atoms with Crippen molar-refractivity contribution in [2.45, 2.75) is 13.0 Å². The first-order valence-electron chi connectivity index (χ1n) is 9.41. The maximum atomic E-state index is 12.6. The largest absolute Gasteiger partial charge is 0.497 e. The molecule has 7 heteroatoms. The van der Waals surface area contributed by atoms with Gasteiger partial charge in [0.1, 0.15) is 5.75 Å². The first-order chi connectivity index (χ1) is 13.7. The third-order valence-electron chi connectivity index (χ3n) is 5.17. The number of carbonyl (C=O) groups is 1. The Bertz CT molecular complexity index is 1030. The van der Waals surface area contributed by atoms with Crippen LogP contribution in [0.2, 0.25) is 0 Å². The van der Waals surface area contributed by atoms with Crippen molar-refractivity contribution in [3.8, 4) is 5.75 Å². The number of carbonyl (C=O) groups excluding carboxylic acids is 1. The fourth-order valence-corrected chi connectivity index (χ4v) is 3.61. The van der Waals surface area contributed by atoms with Crippen LogP contribution in [0.1, 0.15) is 6.42 Å². The number of anilines is 1. The normalized spacial score (nSPS) is 14.5. The molecular weight excluding hydrogens is 358 g/mol. The molecule has 0 aliphatic carbocycles. The topological polar surface area (TPSA) is 67.9 Å². The molecule has 1 aromatic heterocycles. The van der Waals surface area contributed by atoms with Crippen LogP contribution in [-0.2, 0) is 11.3 Å². The molecule has 4 rings (SSSR count). The van der Waals surface area contributed by atoms with Crippen LogP contribution >= 0.6 is 0 Å². The van der Waals surface area contributed by atoms with Crippen LogP contribution in [0.25, 0.3) is 11.1 Å². The van der Waals surface area contributed by atoms with Gasteiger partial charge in [0, 0.05) is 50.9 Å². The number of rotatable bonds is 5. The smallest absolute Gasteiger partial charge is 0.419 e. The molecule has 146 valence electrons. The number of nitrogens with zero attached hydrogens (tertiary/aromatic N) is 3. The van der Waals surface area contributed by atoms with Gasteiger partial charge in [-0.05, 0) is 24.3 Å². The number of benzene rings is 2. The summed E-state index contributed by atoms with van der Waals surface area (Å²) in [5, 5.41) is 0. The molecule has 2 aromatic carbocycles. The summed E-state index contributed by atoms with van der Waals surface area (Å²) in [5.74, 6) is 0.466. The third-order valence-corrected chi connectivity index (χ3v) is 5.17. The molecule has 1 saturated heterocycles. The van der Waals surface area contributed by atoms with Crippen molar-refractivity contribution in [3.63, 3.8) is 0 Å². The van der Waals surface area contributed by atoms with E-state index in [9.17, 15) is 9.59 Å². The molecule has 0 bridgehead atoms. The van der Waals surface area contributed by atoms with Gasteiger partial charge in [0.2, 0.25) is 5.91 Å². The SMILES string of the molecule is COc1cccc(N2CCN(C(=O)CCn3c(=O)oc4ccccc43)CC2)c1. The first kappa shape index (κ1) is 18.2. The van der Waals surface area contributed by atoms with Crippen LogP contribution in [-0.4, -0.2) is 48.7 Å². The summed E-state index contributed by atoms with van der Waals surface area (Å²) < 4.78 is 12.0. The monoisotopic (exact) mass is 381 g/mol. The van der Waals surface area contributed by atoms with Crippen molar-refractivity contribution in [1.82, 2.24) is 9.47 Å². The number of fused-ring (bicyclic) bond motifs is 1. The minimum Gasteiger partial charge on any atom is -0.497 e. The van der Waals surface area contributed by atoms with E-state index in [0.717, 1.165) is 30.0 Å². The number of para-hydroxylation sites is 2. The molecule has 0 atom stereocenters. The predicted molar refractivity (Wildman–Crippen MR) is 107 cm³/mol. The summed E-state index contributed by atoms with van der Waals surface area (Å²) in [6.45, 7) is 3.19. The lowest BCUT2D eigenvalue weighted by atomic mass is 10.2. The molecular formula is C21H23N3O4. The van der Waals surface area contributed by atoms with Crippen LogP contribution in [0.15, 0.2) is 57.7 Å². The Kier molecular flexibility index (Phi) is 5.06. The average Bonchev–Trinajstić information content (AvgIpc) is 3.07. The molecule has 1 aliphatic rings. The number of ether oxygens (including phenoxy) is 1. The first-order valence-corrected chi connectivity index (χ1v) is 9.41. The third kappa shape index (κ3) is 3.60. The molecule has 1 amide bonds. The molecule has 7 nitrogen and oxygen atoms in total. The number of oxazole rings is 1. The zero-order chi connectivity index (χ0) is 19.5. The number of piperazine rings is 1. The second-order valence-electron chi connectivity index (χ2n) is 6.81. The molecule has 28 heavy (non-hydrogen) atoms. The number of aryl methyl sites for hydroxylation is 1. The predicted octanol–water partition coefficient (Wildman–Crippen LogP) is 2.34. The van der Waals surface area contributed by atoms with E-state index >= 15 is 0 Å². The highest BCUT2D eigenvalue weighted by Gasteiger charge is 2.22. The van der Waals surface area contributed by atoms with E-state index in [1.165, 1.54) is 4.57 Å². The van der Waals surface area contributed by atoms with Crippen molar-refractivity contribution in [2.75, 3.05) is 38.2 Å². The Balaban J connectivity index is 1.35. The lowest BCUT2D eigenvalue weighted by Gasteiger charge is -2.36. The average molecular weight is 381 g/mol. The van der Waals surface area contributed by atoms with Gasteiger partial charge in [-0.15, -0.1) is 0 Å². The van der Waals surface area contributed by atoms with Gasteiger partial charge < -0.3 is 19.0 Å². The summed E-state index contributed by atoms with van der Waals surface area (Å²) in [6.07, 6.45) is 0.280. The lowest BCUT2D eigenvalue weighted by molar-refractivity contribution is -0.131. The Morgan fingerprint density at radius 3 is 2.64 bits per heavy atom. The summed E-state index contributed by atoms with van der Waals surface area (Å²) in [4.78, 5) is 28.8. The molecule has 3 aromatic rings. The lowest BCUT2D eigenvalue weighted by Crippen LogP contribution is -2.49.